The van der Waals surface area contributed by atoms with E-state index in [2.05, 4.69) is 53.5 Å². The lowest BCUT2D eigenvalue weighted by molar-refractivity contribution is 0.572. The molecule has 0 aliphatic rings. The summed E-state index contributed by atoms with van der Waals surface area (Å²) in [5, 5.41) is 8.87. The maximum atomic E-state index is 4.42. The summed E-state index contributed by atoms with van der Waals surface area (Å²) in [4.78, 5) is 5.67. The van der Waals surface area contributed by atoms with Crippen LogP contribution in [-0.2, 0) is 6.54 Å². The van der Waals surface area contributed by atoms with Gasteiger partial charge in [-0.25, -0.2) is 9.67 Å². The minimum Gasteiger partial charge on any atom is -0.304 e. The Morgan fingerprint density at radius 1 is 1.29 bits per heavy atom. The fraction of sp³-hybridized carbons (Fsp3) is 0.250. The first-order valence-corrected chi connectivity index (χ1v) is 7.79. The van der Waals surface area contributed by atoms with Crippen molar-refractivity contribution in [2.24, 2.45) is 0 Å². The molecule has 0 aliphatic carbocycles. The van der Waals surface area contributed by atoms with Gasteiger partial charge < -0.3 is 5.32 Å². The van der Waals surface area contributed by atoms with E-state index in [1.165, 1.54) is 10.4 Å². The molecular formula is C16H18N4S. The summed E-state index contributed by atoms with van der Waals surface area (Å²) < 4.78 is 1.86. The van der Waals surface area contributed by atoms with Crippen molar-refractivity contribution < 1.29 is 0 Å². The molecule has 108 valence electrons. The molecule has 4 nitrogen and oxygen atoms in total. The van der Waals surface area contributed by atoms with Crippen LogP contribution in [0, 0.1) is 6.92 Å². The lowest BCUT2D eigenvalue weighted by Gasteiger charge is -2.11. The Morgan fingerprint density at radius 2 is 2.10 bits per heavy atom. The minimum atomic E-state index is 0.273. The van der Waals surface area contributed by atoms with Crippen molar-refractivity contribution >= 4 is 11.3 Å². The third-order valence-corrected chi connectivity index (χ3v) is 4.42. The molecule has 2 aromatic heterocycles. The van der Waals surface area contributed by atoms with Gasteiger partial charge in [-0.05, 0) is 37.6 Å². The first kappa shape index (κ1) is 14.0. The fourth-order valence-electron chi connectivity index (χ4n) is 2.12. The monoisotopic (exact) mass is 298 g/mol. The highest BCUT2D eigenvalue weighted by atomic mass is 32.1. The predicted octanol–water partition coefficient (Wildman–Crippen LogP) is 3.49. The number of aryl methyl sites for hydroxylation is 1. The van der Waals surface area contributed by atoms with Gasteiger partial charge in [-0.2, -0.15) is 5.10 Å². The molecule has 0 radical (unpaired) electrons. The minimum absolute atomic E-state index is 0.273. The van der Waals surface area contributed by atoms with E-state index in [9.17, 15) is 0 Å². The molecule has 21 heavy (non-hydrogen) atoms. The third-order valence-electron chi connectivity index (χ3n) is 3.33. The Kier molecular flexibility index (Phi) is 4.13. The Balaban J connectivity index is 1.61. The molecule has 0 saturated heterocycles. The van der Waals surface area contributed by atoms with E-state index < -0.39 is 0 Å². The van der Waals surface area contributed by atoms with E-state index in [4.69, 9.17) is 0 Å². The zero-order chi connectivity index (χ0) is 14.7. The van der Waals surface area contributed by atoms with Crippen molar-refractivity contribution in [1.82, 2.24) is 20.1 Å². The molecule has 0 aliphatic heterocycles. The number of rotatable bonds is 5. The molecular weight excluding hydrogens is 280 g/mol. The summed E-state index contributed by atoms with van der Waals surface area (Å²) in [5.74, 6) is 0. The highest BCUT2D eigenvalue weighted by Gasteiger charge is 2.08. The normalized spacial score (nSPS) is 12.5. The van der Waals surface area contributed by atoms with Gasteiger partial charge in [-0.15, -0.1) is 11.3 Å². The number of nitrogens with zero attached hydrogens (tertiary/aromatic N) is 3. The lowest BCUT2D eigenvalue weighted by Crippen LogP contribution is -2.17. The molecule has 0 spiro atoms. The molecule has 5 heteroatoms. The summed E-state index contributed by atoms with van der Waals surface area (Å²) in [6, 6.07) is 10.6. The predicted molar refractivity (Wildman–Crippen MR) is 85.7 cm³/mol. The summed E-state index contributed by atoms with van der Waals surface area (Å²) in [7, 11) is 0. The van der Waals surface area contributed by atoms with Gasteiger partial charge >= 0.3 is 0 Å². The van der Waals surface area contributed by atoms with Crippen LogP contribution in [0.25, 0.3) is 5.69 Å². The van der Waals surface area contributed by atoms with Gasteiger partial charge in [-0.1, -0.05) is 12.1 Å². The molecule has 1 N–H and O–H groups in total. The van der Waals surface area contributed by atoms with Crippen molar-refractivity contribution in [3.05, 3.63) is 64.4 Å². The van der Waals surface area contributed by atoms with Gasteiger partial charge in [-0.3, -0.25) is 0 Å². The standard InChI is InChI=1S/C16H18N4S/c1-12-10-18-16(21-12)13(2)17-11-14-4-6-15(7-5-14)20-9-3-8-19-20/h3-10,13,17H,11H2,1-2H3. The van der Waals surface area contributed by atoms with E-state index in [-0.39, 0.29) is 6.04 Å². The van der Waals surface area contributed by atoms with Crippen molar-refractivity contribution in [3.8, 4) is 5.69 Å². The van der Waals surface area contributed by atoms with E-state index >= 15 is 0 Å². The summed E-state index contributed by atoms with van der Waals surface area (Å²) >= 11 is 1.75. The highest BCUT2D eigenvalue weighted by molar-refractivity contribution is 7.11. The molecule has 1 aromatic carbocycles. The maximum Gasteiger partial charge on any atom is 0.109 e. The van der Waals surface area contributed by atoms with E-state index in [1.54, 1.807) is 17.5 Å². The van der Waals surface area contributed by atoms with Gasteiger partial charge in [0, 0.05) is 30.0 Å². The van der Waals surface area contributed by atoms with E-state index in [1.807, 2.05) is 23.1 Å². The topological polar surface area (TPSA) is 42.7 Å². The molecule has 3 rings (SSSR count). The fourth-order valence-corrected chi connectivity index (χ4v) is 2.92. The Labute approximate surface area is 128 Å². The van der Waals surface area contributed by atoms with Crippen LogP contribution in [0.1, 0.15) is 28.4 Å². The smallest absolute Gasteiger partial charge is 0.109 e. The number of thiazole rings is 1. The average molecular weight is 298 g/mol. The number of hydrogen-bond donors (Lipinski definition) is 1. The van der Waals surface area contributed by atoms with Crippen LogP contribution in [0.3, 0.4) is 0 Å². The van der Waals surface area contributed by atoms with Crippen LogP contribution in [0.4, 0.5) is 0 Å². The van der Waals surface area contributed by atoms with Crippen molar-refractivity contribution in [1.29, 1.82) is 0 Å². The molecule has 1 atom stereocenters. The zero-order valence-corrected chi connectivity index (χ0v) is 13.0. The molecule has 1 unspecified atom stereocenters. The quantitative estimate of drug-likeness (QED) is 0.784. The Morgan fingerprint density at radius 3 is 2.71 bits per heavy atom. The van der Waals surface area contributed by atoms with Crippen molar-refractivity contribution in [2.45, 2.75) is 26.4 Å². The molecule has 0 fully saturated rings. The maximum absolute atomic E-state index is 4.42. The number of hydrogen-bond acceptors (Lipinski definition) is 4. The lowest BCUT2D eigenvalue weighted by atomic mass is 10.2. The molecule has 0 saturated carbocycles. The van der Waals surface area contributed by atoms with Crippen LogP contribution in [0.15, 0.2) is 48.9 Å². The largest absolute Gasteiger partial charge is 0.304 e. The SMILES string of the molecule is Cc1cnc(C(C)NCc2ccc(-n3cccn3)cc2)s1. The summed E-state index contributed by atoms with van der Waals surface area (Å²) in [6.45, 7) is 5.07. The van der Waals surface area contributed by atoms with E-state index in [0.29, 0.717) is 0 Å². The Bertz CT molecular complexity index is 685. The highest BCUT2D eigenvalue weighted by Crippen LogP contribution is 2.19. The van der Waals surface area contributed by atoms with Gasteiger partial charge in [0.25, 0.3) is 0 Å². The van der Waals surface area contributed by atoms with Gasteiger partial charge in [0.05, 0.1) is 11.7 Å². The van der Waals surface area contributed by atoms with Crippen LogP contribution < -0.4 is 5.32 Å². The summed E-state index contributed by atoms with van der Waals surface area (Å²) in [5.41, 5.74) is 2.33. The molecule has 3 aromatic rings. The van der Waals surface area contributed by atoms with Gasteiger partial charge in [0.1, 0.15) is 5.01 Å². The van der Waals surface area contributed by atoms with Crippen LogP contribution in [0.5, 0.6) is 0 Å². The molecule has 0 bridgehead atoms. The zero-order valence-electron chi connectivity index (χ0n) is 12.2. The van der Waals surface area contributed by atoms with Crippen LogP contribution in [0.2, 0.25) is 0 Å². The van der Waals surface area contributed by atoms with Gasteiger partial charge in [0.15, 0.2) is 0 Å². The number of nitrogens with one attached hydrogen (secondary N) is 1. The van der Waals surface area contributed by atoms with E-state index in [0.717, 1.165) is 17.2 Å². The summed E-state index contributed by atoms with van der Waals surface area (Å²) in [6.07, 6.45) is 5.66. The van der Waals surface area contributed by atoms with Crippen molar-refractivity contribution in [3.63, 3.8) is 0 Å². The van der Waals surface area contributed by atoms with Crippen LogP contribution >= 0.6 is 11.3 Å². The number of benzene rings is 1. The van der Waals surface area contributed by atoms with Crippen LogP contribution in [-0.4, -0.2) is 14.8 Å². The average Bonchev–Trinajstić information content (AvgIpc) is 3.16. The third kappa shape index (κ3) is 3.37. The number of aromatic nitrogens is 3. The molecule has 0 amide bonds. The van der Waals surface area contributed by atoms with Gasteiger partial charge in [0.2, 0.25) is 0 Å². The second kappa shape index (κ2) is 6.20. The second-order valence-corrected chi connectivity index (χ2v) is 6.30. The first-order chi connectivity index (χ1) is 10.2. The molecule has 2 heterocycles. The first-order valence-electron chi connectivity index (χ1n) is 6.97. The Hall–Kier alpha value is -1.98. The second-order valence-electron chi connectivity index (χ2n) is 5.03. The van der Waals surface area contributed by atoms with Crippen molar-refractivity contribution in [2.75, 3.05) is 0 Å².